The highest BCUT2D eigenvalue weighted by Gasteiger charge is 2.16. The quantitative estimate of drug-likeness (QED) is 0.564. The Labute approximate surface area is 83.4 Å². The van der Waals surface area contributed by atoms with Crippen LogP contribution in [0.1, 0.15) is 6.42 Å². The van der Waals surface area contributed by atoms with Gasteiger partial charge in [0, 0.05) is 20.1 Å². The van der Waals surface area contributed by atoms with Gasteiger partial charge in [-0.1, -0.05) is 6.08 Å². The third-order valence-electron chi connectivity index (χ3n) is 1.46. The molecule has 0 fully saturated rings. The largest absolute Gasteiger partial charge is 0.481 e. The third kappa shape index (κ3) is 4.95. The molecule has 7 heteroatoms. The van der Waals surface area contributed by atoms with Crippen molar-refractivity contribution in [3.63, 3.8) is 0 Å². The highest BCUT2D eigenvalue weighted by molar-refractivity contribution is 7.87. The Morgan fingerprint density at radius 1 is 1.64 bits per heavy atom. The topological polar surface area (TPSA) is 86.7 Å². The van der Waals surface area contributed by atoms with Crippen LogP contribution in [0.3, 0.4) is 0 Å². The fraction of sp³-hybridized carbons (Fsp3) is 0.571. The first-order valence-electron chi connectivity index (χ1n) is 3.93. The number of aliphatic carboxylic acids is 1. The van der Waals surface area contributed by atoms with Crippen LogP contribution in [0.5, 0.6) is 0 Å². The van der Waals surface area contributed by atoms with Crippen molar-refractivity contribution >= 4 is 16.2 Å². The minimum absolute atomic E-state index is 0.0538. The summed E-state index contributed by atoms with van der Waals surface area (Å²) >= 11 is 0. The minimum Gasteiger partial charge on any atom is -0.481 e. The van der Waals surface area contributed by atoms with Gasteiger partial charge in [0.1, 0.15) is 0 Å². The molecule has 14 heavy (non-hydrogen) atoms. The Balaban J connectivity index is 4.14. The van der Waals surface area contributed by atoms with Gasteiger partial charge in [-0.2, -0.15) is 17.4 Å². The predicted molar refractivity (Wildman–Crippen MR) is 52.0 cm³/mol. The standard InChI is InChI=1S/C7H14N2O4S/c1-3-5-8-14(12,13)9(2)6-4-7(10)11/h3,8H,1,4-6H2,2H3,(H,10,11). The first-order chi connectivity index (χ1) is 6.40. The maximum absolute atomic E-state index is 11.3. The van der Waals surface area contributed by atoms with Crippen LogP contribution in [0, 0.1) is 0 Å². The number of nitrogens with one attached hydrogen (secondary N) is 1. The summed E-state index contributed by atoms with van der Waals surface area (Å²) in [6.07, 6.45) is 1.19. The Bertz CT molecular complexity index is 299. The fourth-order valence-corrected chi connectivity index (χ4v) is 1.53. The summed E-state index contributed by atoms with van der Waals surface area (Å²) in [7, 11) is -2.26. The second-order valence-electron chi connectivity index (χ2n) is 2.61. The summed E-state index contributed by atoms with van der Waals surface area (Å²) in [5.41, 5.74) is 0. The summed E-state index contributed by atoms with van der Waals surface area (Å²) in [6, 6.07) is 0. The zero-order valence-electron chi connectivity index (χ0n) is 7.93. The average Bonchev–Trinajstić information content (AvgIpc) is 2.10. The molecule has 0 unspecified atom stereocenters. The summed E-state index contributed by atoms with van der Waals surface area (Å²) in [4.78, 5) is 10.2. The molecule has 0 rings (SSSR count). The molecule has 0 aliphatic rings. The number of carboxylic acid groups (broad SMARTS) is 1. The fourth-order valence-electron chi connectivity index (χ4n) is 0.648. The van der Waals surface area contributed by atoms with E-state index in [4.69, 9.17) is 5.11 Å². The molecule has 0 aromatic rings. The monoisotopic (exact) mass is 222 g/mol. The molecule has 0 aliphatic heterocycles. The zero-order valence-corrected chi connectivity index (χ0v) is 8.75. The lowest BCUT2D eigenvalue weighted by molar-refractivity contribution is -0.137. The van der Waals surface area contributed by atoms with Crippen LogP contribution in [0.2, 0.25) is 0 Å². The first kappa shape index (κ1) is 13.1. The van der Waals surface area contributed by atoms with Gasteiger partial charge in [0.25, 0.3) is 10.2 Å². The molecule has 0 heterocycles. The zero-order chi connectivity index (χ0) is 11.2. The number of rotatable bonds is 7. The van der Waals surface area contributed by atoms with Crippen LogP contribution in [-0.4, -0.2) is 43.9 Å². The molecule has 0 saturated heterocycles. The van der Waals surface area contributed by atoms with Crippen molar-refractivity contribution in [1.82, 2.24) is 9.03 Å². The number of nitrogens with zero attached hydrogens (tertiary/aromatic N) is 1. The van der Waals surface area contributed by atoms with E-state index in [0.717, 1.165) is 4.31 Å². The van der Waals surface area contributed by atoms with E-state index in [1.54, 1.807) is 0 Å². The Hall–Kier alpha value is -0.920. The smallest absolute Gasteiger partial charge is 0.304 e. The van der Waals surface area contributed by atoms with Crippen LogP contribution >= 0.6 is 0 Å². The lowest BCUT2D eigenvalue weighted by Crippen LogP contribution is -2.39. The Morgan fingerprint density at radius 2 is 2.21 bits per heavy atom. The van der Waals surface area contributed by atoms with Crippen molar-refractivity contribution in [3.8, 4) is 0 Å². The molecule has 82 valence electrons. The molecule has 0 radical (unpaired) electrons. The third-order valence-corrected chi connectivity index (χ3v) is 3.00. The summed E-state index contributed by atoms with van der Waals surface area (Å²) < 4.78 is 25.7. The maximum Gasteiger partial charge on any atom is 0.304 e. The van der Waals surface area contributed by atoms with E-state index in [1.807, 2.05) is 0 Å². The SMILES string of the molecule is C=CCNS(=O)(=O)N(C)CCC(=O)O. The van der Waals surface area contributed by atoms with E-state index in [-0.39, 0.29) is 19.5 Å². The summed E-state index contributed by atoms with van der Waals surface area (Å²) in [6.45, 7) is 3.43. The molecule has 0 aromatic heterocycles. The van der Waals surface area contributed by atoms with Gasteiger partial charge in [0.05, 0.1) is 6.42 Å². The van der Waals surface area contributed by atoms with Gasteiger partial charge < -0.3 is 5.11 Å². The normalized spacial score (nSPS) is 11.6. The van der Waals surface area contributed by atoms with Gasteiger partial charge in [-0.05, 0) is 0 Å². The molecule has 0 saturated carbocycles. The van der Waals surface area contributed by atoms with Crippen molar-refractivity contribution in [3.05, 3.63) is 12.7 Å². The van der Waals surface area contributed by atoms with E-state index in [1.165, 1.54) is 13.1 Å². The molecule has 6 nitrogen and oxygen atoms in total. The van der Waals surface area contributed by atoms with Crippen LogP contribution in [0.4, 0.5) is 0 Å². The molecular formula is C7H14N2O4S. The Morgan fingerprint density at radius 3 is 2.64 bits per heavy atom. The first-order valence-corrected chi connectivity index (χ1v) is 5.37. The average molecular weight is 222 g/mol. The van der Waals surface area contributed by atoms with Gasteiger partial charge in [0.2, 0.25) is 0 Å². The number of hydrogen-bond acceptors (Lipinski definition) is 3. The van der Waals surface area contributed by atoms with Gasteiger partial charge >= 0.3 is 5.97 Å². The molecule has 0 atom stereocenters. The lowest BCUT2D eigenvalue weighted by atomic mass is 10.4. The van der Waals surface area contributed by atoms with Crippen molar-refractivity contribution in [1.29, 1.82) is 0 Å². The summed E-state index contributed by atoms with van der Waals surface area (Å²) in [5, 5.41) is 8.35. The minimum atomic E-state index is -3.57. The molecule has 0 spiro atoms. The molecule has 2 N–H and O–H groups in total. The van der Waals surface area contributed by atoms with Crippen LogP contribution in [0.25, 0.3) is 0 Å². The van der Waals surface area contributed by atoms with Crippen molar-refractivity contribution in [2.75, 3.05) is 20.1 Å². The van der Waals surface area contributed by atoms with E-state index in [9.17, 15) is 13.2 Å². The molecule has 0 bridgehead atoms. The van der Waals surface area contributed by atoms with E-state index in [2.05, 4.69) is 11.3 Å². The molecule has 0 aromatic carbocycles. The molecule has 0 aliphatic carbocycles. The number of carboxylic acids is 1. The van der Waals surface area contributed by atoms with E-state index < -0.39 is 16.2 Å². The van der Waals surface area contributed by atoms with Crippen LogP contribution < -0.4 is 4.72 Å². The van der Waals surface area contributed by atoms with E-state index in [0.29, 0.717) is 0 Å². The highest BCUT2D eigenvalue weighted by Crippen LogP contribution is 1.95. The van der Waals surface area contributed by atoms with Crippen LogP contribution in [-0.2, 0) is 15.0 Å². The Kier molecular flexibility index (Phi) is 5.36. The maximum atomic E-state index is 11.3. The van der Waals surface area contributed by atoms with Gasteiger partial charge in [-0.3, -0.25) is 4.79 Å². The highest BCUT2D eigenvalue weighted by atomic mass is 32.2. The van der Waals surface area contributed by atoms with Crippen molar-refractivity contribution in [2.45, 2.75) is 6.42 Å². The second kappa shape index (κ2) is 5.74. The molecular weight excluding hydrogens is 208 g/mol. The lowest BCUT2D eigenvalue weighted by Gasteiger charge is -2.15. The number of hydrogen-bond donors (Lipinski definition) is 2. The molecule has 0 amide bonds. The van der Waals surface area contributed by atoms with Crippen molar-refractivity contribution < 1.29 is 18.3 Å². The predicted octanol–water partition coefficient (Wildman–Crippen LogP) is -0.587. The summed E-state index contributed by atoms with van der Waals surface area (Å²) in [5.74, 6) is -1.03. The van der Waals surface area contributed by atoms with E-state index >= 15 is 0 Å². The van der Waals surface area contributed by atoms with Gasteiger partial charge in [-0.15, -0.1) is 6.58 Å². The number of carbonyl (C=O) groups is 1. The van der Waals surface area contributed by atoms with Gasteiger partial charge in [0.15, 0.2) is 0 Å². The second-order valence-corrected chi connectivity index (χ2v) is 4.47. The van der Waals surface area contributed by atoms with Crippen LogP contribution in [0.15, 0.2) is 12.7 Å². The van der Waals surface area contributed by atoms with Gasteiger partial charge in [-0.25, -0.2) is 0 Å². The van der Waals surface area contributed by atoms with Crippen molar-refractivity contribution in [2.24, 2.45) is 0 Å².